The zero-order valence-corrected chi connectivity index (χ0v) is 12.6. The van der Waals surface area contributed by atoms with Gasteiger partial charge in [0.15, 0.2) is 0 Å². The Morgan fingerprint density at radius 3 is 2.55 bits per heavy atom. The third kappa shape index (κ3) is 2.70. The highest BCUT2D eigenvalue weighted by molar-refractivity contribution is 5.80. The van der Waals surface area contributed by atoms with E-state index in [0.717, 1.165) is 38.5 Å². The molecule has 3 aromatic rings. The first-order valence-corrected chi connectivity index (χ1v) is 7.83. The topological polar surface area (TPSA) is 35.2 Å². The van der Waals surface area contributed by atoms with E-state index in [0.29, 0.717) is 0 Å². The number of aromatic nitrogens is 2. The molecule has 0 atom stereocenters. The minimum atomic E-state index is 0.991. The van der Waals surface area contributed by atoms with Crippen LogP contribution in [-0.2, 0) is 6.54 Å². The minimum Gasteiger partial charge on any atom is -0.357 e. The fourth-order valence-corrected chi connectivity index (χ4v) is 3.14. The molecule has 4 rings (SSSR count). The first-order chi connectivity index (χ1) is 10.9. The molecule has 1 fully saturated rings. The number of rotatable bonds is 3. The lowest BCUT2D eigenvalue weighted by molar-refractivity contribution is 0.247. The number of hydrogen-bond acceptors (Lipinski definition) is 3. The molecule has 3 heterocycles. The predicted molar refractivity (Wildman–Crippen MR) is 90.0 cm³/mol. The van der Waals surface area contributed by atoms with Crippen LogP contribution >= 0.6 is 0 Å². The maximum absolute atomic E-state index is 4.44. The number of benzene rings is 1. The molecule has 1 aromatic carbocycles. The summed E-state index contributed by atoms with van der Waals surface area (Å²) in [5, 5.41) is 1.30. The second-order valence-corrected chi connectivity index (χ2v) is 5.83. The summed E-state index contributed by atoms with van der Waals surface area (Å²) in [7, 11) is 0. The van der Waals surface area contributed by atoms with Gasteiger partial charge in [-0.25, -0.2) is 4.98 Å². The van der Waals surface area contributed by atoms with Crippen molar-refractivity contribution in [2.24, 2.45) is 0 Å². The minimum absolute atomic E-state index is 0.991. The summed E-state index contributed by atoms with van der Waals surface area (Å²) >= 11 is 0. The first-order valence-electron chi connectivity index (χ1n) is 7.83. The molecule has 0 radical (unpaired) electrons. The highest BCUT2D eigenvalue weighted by Gasteiger charge is 2.18. The van der Waals surface area contributed by atoms with E-state index in [1.165, 1.54) is 16.6 Å². The van der Waals surface area contributed by atoms with E-state index in [4.69, 9.17) is 0 Å². The van der Waals surface area contributed by atoms with Crippen LogP contribution in [0.2, 0.25) is 0 Å². The largest absolute Gasteiger partial charge is 0.357 e. The molecule has 4 heteroatoms. The van der Waals surface area contributed by atoms with Crippen LogP contribution in [0.25, 0.3) is 10.9 Å². The molecule has 1 N–H and O–H groups in total. The van der Waals surface area contributed by atoms with Gasteiger partial charge in [-0.1, -0.05) is 24.3 Å². The van der Waals surface area contributed by atoms with Crippen molar-refractivity contribution in [3.63, 3.8) is 0 Å². The Labute approximate surface area is 130 Å². The molecule has 0 unspecified atom stereocenters. The second-order valence-electron chi connectivity index (χ2n) is 5.83. The Bertz CT molecular complexity index is 709. The Morgan fingerprint density at radius 2 is 1.77 bits per heavy atom. The third-order valence-corrected chi connectivity index (χ3v) is 4.33. The lowest BCUT2D eigenvalue weighted by Crippen LogP contribution is -2.46. The molecular weight excluding hydrogens is 272 g/mol. The summed E-state index contributed by atoms with van der Waals surface area (Å²) in [5.41, 5.74) is 2.53. The normalized spacial score (nSPS) is 16.3. The van der Waals surface area contributed by atoms with E-state index < -0.39 is 0 Å². The van der Waals surface area contributed by atoms with Crippen LogP contribution in [0.3, 0.4) is 0 Å². The first kappa shape index (κ1) is 13.3. The summed E-state index contributed by atoms with van der Waals surface area (Å²) in [6.07, 6.45) is 1.87. The van der Waals surface area contributed by atoms with E-state index >= 15 is 0 Å². The number of pyridine rings is 1. The Hall–Kier alpha value is -2.33. The average molecular weight is 292 g/mol. The fraction of sp³-hybridized carbons (Fsp3) is 0.278. The SMILES string of the molecule is c1ccc(N2CCN(Cc3cc4ccccc4[nH]3)CC2)nc1. The van der Waals surface area contributed by atoms with Crippen molar-refractivity contribution in [2.45, 2.75) is 6.54 Å². The monoisotopic (exact) mass is 292 g/mol. The van der Waals surface area contributed by atoms with Gasteiger partial charge < -0.3 is 9.88 Å². The molecule has 0 aliphatic carbocycles. The van der Waals surface area contributed by atoms with E-state index in [-0.39, 0.29) is 0 Å². The summed E-state index contributed by atoms with van der Waals surface area (Å²) < 4.78 is 0. The maximum atomic E-state index is 4.44. The number of piperazine rings is 1. The van der Waals surface area contributed by atoms with Gasteiger partial charge >= 0.3 is 0 Å². The van der Waals surface area contributed by atoms with Crippen LogP contribution in [0, 0.1) is 0 Å². The molecule has 2 aromatic heterocycles. The van der Waals surface area contributed by atoms with Crippen molar-refractivity contribution in [1.29, 1.82) is 0 Å². The van der Waals surface area contributed by atoms with Gasteiger partial charge in [-0.05, 0) is 29.7 Å². The number of nitrogens with one attached hydrogen (secondary N) is 1. The van der Waals surface area contributed by atoms with Crippen LogP contribution in [0.1, 0.15) is 5.69 Å². The standard InChI is InChI=1S/C18H20N4/c1-2-6-17-15(5-1)13-16(20-17)14-21-9-11-22(12-10-21)18-7-3-4-8-19-18/h1-8,13,20H,9-12,14H2. The van der Waals surface area contributed by atoms with Crippen molar-refractivity contribution in [2.75, 3.05) is 31.1 Å². The van der Waals surface area contributed by atoms with Gasteiger partial charge in [-0.2, -0.15) is 0 Å². The lowest BCUT2D eigenvalue weighted by atomic mass is 10.2. The van der Waals surface area contributed by atoms with Gasteiger partial charge in [0.05, 0.1) is 0 Å². The van der Waals surface area contributed by atoms with Crippen molar-refractivity contribution in [3.05, 3.63) is 60.4 Å². The molecule has 0 amide bonds. The Kier molecular flexibility index (Phi) is 3.52. The molecule has 0 bridgehead atoms. The van der Waals surface area contributed by atoms with Crippen LogP contribution in [0.15, 0.2) is 54.7 Å². The van der Waals surface area contributed by atoms with Gasteiger partial charge in [-0.3, -0.25) is 4.90 Å². The van der Waals surface area contributed by atoms with Gasteiger partial charge in [-0.15, -0.1) is 0 Å². The van der Waals surface area contributed by atoms with Crippen molar-refractivity contribution in [3.8, 4) is 0 Å². The zero-order valence-electron chi connectivity index (χ0n) is 12.6. The quantitative estimate of drug-likeness (QED) is 0.806. The van der Waals surface area contributed by atoms with E-state index in [2.05, 4.69) is 62.2 Å². The number of H-pyrrole nitrogens is 1. The van der Waals surface area contributed by atoms with E-state index in [1.807, 2.05) is 12.3 Å². The summed E-state index contributed by atoms with van der Waals surface area (Å²) in [4.78, 5) is 12.8. The third-order valence-electron chi connectivity index (χ3n) is 4.33. The van der Waals surface area contributed by atoms with Crippen LogP contribution in [-0.4, -0.2) is 41.0 Å². The van der Waals surface area contributed by atoms with Crippen molar-refractivity contribution < 1.29 is 0 Å². The maximum Gasteiger partial charge on any atom is 0.128 e. The number of hydrogen-bond donors (Lipinski definition) is 1. The number of anilines is 1. The smallest absolute Gasteiger partial charge is 0.128 e. The number of para-hydroxylation sites is 1. The molecule has 22 heavy (non-hydrogen) atoms. The van der Waals surface area contributed by atoms with E-state index in [9.17, 15) is 0 Å². The van der Waals surface area contributed by atoms with Crippen LogP contribution in [0.5, 0.6) is 0 Å². The van der Waals surface area contributed by atoms with Gasteiger partial charge in [0.1, 0.15) is 5.82 Å². The zero-order chi connectivity index (χ0) is 14.8. The summed E-state index contributed by atoms with van der Waals surface area (Å²) in [6, 6.07) is 16.8. The lowest BCUT2D eigenvalue weighted by Gasteiger charge is -2.35. The molecule has 112 valence electrons. The number of aromatic amines is 1. The highest BCUT2D eigenvalue weighted by Crippen LogP contribution is 2.18. The average Bonchev–Trinajstić information content (AvgIpc) is 2.98. The van der Waals surface area contributed by atoms with Gasteiger partial charge in [0.25, 0.3) is 0 Å². The molecule has 1 aliphatic heterocycles. The molecule has 4 nitrogen and oxygen atoms in total. The van der Waals surface area contributed by atoms with Crippen LogP contribution < -0.4 is 4.90 Å². The predicted octanol–water partition coefficient (Wildman–Crippen LogP) is 2.89. The molecule has 0 saturated carbocycles. The molecule has 0 spiro atoms. The number of nitrogens with zero attached hydrogens (tertiary/aromatic N) is 3. The van der Waals surface area contributed by atoms with Gasteiger partial charge in [0, 0.05) is 50.1 Å². The Balaban J connectivity index is 1.39. The van der Waals surface area contributed by atoms with Crippen molar-refractivity contribution >= 4 is 16.7 Å². The molecular formula is C18H20N4. The summed E-state index contributed by atoms with van der Waals surface area (Å²) in [6.45, 7) is 5.22. The highest BCUT2D eigenvalue weighted by atomic mass is 15.3. The van der Waals surface area contributed by atoms with Crippen molar-refractivity contribution in [1.82, 2.24) is 14.9 Å². The summed E-state index contributed by atoms with van der Waals surface area (Å²) in [5.74, 6) is 1.09. The van der Waals surface area contributed by atoms with E-state index in [1.54, 1.807) is 0 Å². The van der Waals surface area contributed by atoms with Crippen LogP contribution in [0.4, 0.5) is 5.82 Å². The number of fused-ring (bicyclic) bond motifs is 1. The molecule has 1 aliphatic rings. The van der Waals surface area contributed by atoms with Gasteiger partial charge in [0.2, 0.25) is 0 Å². The molecule has 1 saturated heterocycles. The fourth-order valence-electron chi connectivity index (χ4n) is 3.14. The Morgan fingerprint density at radius 1 is 0.955 bits per heavy atom. The second kappa shape index (κ2) is 5.81.